The van der Waals surface area contributed by atoms with E-state index >= 15 is 0 Å². The maximum absolute atomic E-state index is 13.1. The third-order valence-electron chi connectivity index (χ3n) is 5.56. The minimum atomic E-state index is -0.0670. The fourth-order valence-corrected chi connectivity index (χ4v) is 4.88. The Hall–Kier alpha value is -2.44. The number of carbonyl (C=O) groups excluding carboxylic acids is 1. The molecular weight excluding hydrogens is 408 g/mol. The van der Waals surface area contributed by atoms with E-state index in [1.165, 1.54) is 22.9 Å². The van der Waals surface area contributed by atoms with Crippen molar-refractivity contribution in [2.45, 2.75) is 57.3 Å². The molecule has 1 heterocycles. The number of aryl methyl sites for hydroxylation is 2. The van der Waals surface area contributed by atoms with Crippen molar-refractivity contribution in [2.24, 2.45) is 0 Å². The van der Waals surface area contributed by atoms with E-state index in [-0.39, 0.29) is 23.2 Å². The number of thioether (sulfide) groups is 1. The standard InChI is InChI=1S/C25H28N2O3S/c1-17(2)30-14-6-13-27-24(29)21-9-3-4-10-22(21)26-25(27)31-16-23(28)20-12-11-18-7-5-8-19(18)15-20/h3-4,9-12,15,17H,5-8,13-14,16H2,1-2H3. The maximum atomic E-state index is 13.1. The van der Waals surface area contributed by atoms with E-state index in [0.717, 1.165) is 24.8 Å². The summed E-state index contributed by atoms with van der Waals surface area (Å²) in [4.78, 5) is 30.7. The van der Waals surface area contributed by atoms with Crippen molar-refractivity contribution in [3.8, 4) is 0 Å². The van der Waals surface area contributed by atoms with Crippen molar-refractivity contribution in [1.29, 1.82) is 0 Å². The Morgan fingerprint density at radius 2 is 1.97 bits per heavy atom. The molecule has 1 aliphatic rings. The zero-order valence-electron chi connectivity index (χ0n) is 18.1. The summed E-state index contributed by atoms with van der Waals surface area (Å²) in [5.74, 6) is 0.322. The van der Waals surface area contributed by atoms with Crippen molar-refractivity contribution in [2.75, 3.05) is 12.4 Å². The van der Waals surface area contributed by atoms with E-state index in [9.17, 15) is 9.59 Å². The highest BCUT2D eigenvalue weighted by Crippen LogP contribution is 2.25. The van der Waals surface area contributed by atoms with Crippen molar-refractivity contribution in [3.63, 3.8) is 0 Å². The molecule has 3 aromatic rings. The molecule has 5 nitrogen and oxygen atoms in total. The first kappa shape index (κ1) is 21.8. The lowest BCUT2D eigenvalue weighted by atomic mass is 10.0. The molecule has 0 aliphatic heterocycles. The van der Waals surface area contributed by atoms with Crippen molar-refractivity contribution in [1.82, 2.24) is 9.55 Å². The van der Waals surface area contributed by atoms with Gasteiger partial charge in [0.1, 0.15) is 0 Å². The van der Waals surface area contributed by atoms with Crippen LogP contribution in [0.25, 0.3) is 10.9 Å². The highest BCUT2D eigenvalue weighted by molar-refractivity contribution is 7.99. The predicted molar refractivity (Wildman–Crippen MR) is 125 cm³/mol. The zero-order chi connectivity index (χ0) is 21.8. The molecule has 0 spiro atoms. The fraction of sp³-hybridized carbons (Fsp3) is 0.400. The summed E-state index contributed by atoms with van der Waals surface area (Å²) in [6.07, 6.45) is 4.19. The van der Waals surface area contributed by atoms with Gasteiger partial charge in [0.25, 0.3) is 5.56 Å². The summed E-state index contributed by atoms with van der Waals surface area (Å²) in [5, 5.41) is 1.18. The first-order chi connectivity index (χ1) is 15.0. The SMILES string of the molecule is CC(C)OCCCn1c(SCC(=O)c2ccc3c(c2)CCC3)nc2ccccc2c1=O. The summed E-state index contributed by atoms with van der Waals surface area (Å²) < 4.78 is 7.31. The van der Waals surface area contributed by atoms with E-state index in [0.29, 0.717) is 35.6 Å². The van der Waals surface area contributed by atoms with Crippen LogP contribution in [0.3, 0.4) is 0 Å². The largest absolute Gasteiger partial charge is 0.379 e. The van der Waals surface area contributed by atoms with Gasteiger partial charge in [0.05, 0.1) is 22.8 Å². The van der Waals surface area contributed by atoms with Gasteiger partial charge in [0.15, 0.2) is 10.9 Å². The van der Waals surface area contributed by atoms with Crippen molar-refractivity contribution in [3.05, 3.63) is 69.5 Å². The molecule has 2 aromatic carbocycles. The van der Waals surface area contributed by atoms with E-state index in [2.05, 4.69) is 6.07 Å². The van der Waals surface area contributed by atoms with Crippen molar-refractivity contribution >= 4 is 28.4 Å². The van der Waals surface area contributed by atoms with Crippen LogP contribution in [0.2, 0.25) is 0 Å². The third-order valence-corrected chi connectivity index (χ3v) is 6.53. The van der Waals surface area contributed by atoms with Gasteiger partial charge in [-0.1, -0.05) is 36.0 Å². The van der Waals surface area contributed by atoms with E-state index < -0.39 is 0 Å². The molecule has 4 rings (SSSR count). The first-order valence-electron chi connectivity index (χ1n) is 10.9. The summed E-state index contributed by atoms with van der Waals surface area (Å²) in [6.45, 7) is 5.08. The van der Waals surface area contributed by atoms with Gasteiger partial charge in [-0.25, -0.2) is 4.98 Å². The minimum Gasteiger partial charge on any atom is -0.379 e. The number of carbonyl (C=O) groups is 1. The number of ether oxygens (including phenoxy) is 1. The normalized spacial score (nSPS) is 13.1. The molecule has 0 radical (unpaired) electrons. The number of hydrogen-bond acceptors (Lipinski definition) is 5. The Balaban J connectivity index is 1.54. The Labute approximate surface area is 186 Å². The van der Waals surface area contributed by atoms with Crippen LogP contribution in [0.5, 0.6) is 0 Å². The number of hydrogen-bond donors (Lipinski definition) is 0. The van der Waals surface area contributed by atoms with Crippen LogP contribution >= 0.6 is 11.8 Å². The second-order valence-electron chi connectivity index (χ2n) is 8.19. The van der Waals surface area contributed by atoms with E-state index in [1.54, 1.807) is 10.6 Å². The topological polar surface area (TPSA) is 61.2 Å². The fourth-order valence-electron chi connectivity index (χ4n) is 3.96. The summed E-state index contributed by atoms with van der Waals surface area (Å²) in [7, 11) is 0. The Morgan fingerprint density at radius 3 is 2.81 bits per heavy atom. The number of rotatable bonds is 9. The second-order valence-corrected chi connectivity index (χ2v) is 9.13. The molecule has 1 aromatic heterocycles. The lowest BCUT2D eigenvalue weighted by Crippen LogP contribution is -2.24. The number of aromatic nitrogens is 2. The summed E-state index contributed by atoms with van der Waals surface area (Å²) in [6, 6.07) is 13.4. The molecule has 1 aliphatic carbocycles. The summed E-state index contributed by atoms with van der Waals surface area (Å²) in [5.41, 5.74) is 3.99. The molecule has 0 unspecified atom stereocenters. The average molecular weight is 437 g/mol. The zero-order valence-corrected chi connectivity index (χ0v) is 18.9. The monoisotopic (exact) mass is 436 g/mol. The molecule has 162 valence electrons. The predicted octanol–water partition coefficient (Wildman–Crippen LogP) is 4.68. The van der Waals surface area contributed by atoms with E-state index in [4.69, 9.17) is 9.72 Å². The lowest BCUT2D eigenvalue weighted by molar-refractivity contribution is 0.0743. The Kier molecular flexibility index (Phi) is 6.88. The minimum absolute atomic E-state index is 0.0665. The van der Waals surface area contributed by atoms with Gasteiger partial charge in [-0.05, 0) is 68.9 Å². The summed E-state index contributed by atoms with van der Waals surface area (Å²) >= 11 is 1.34. The molecule has 6 heteroatoms. The maximum Gasteiger partial charge on any atom is 0.262 e. The van der Waals surface area contributed by atoms with Crippen LogP contribution in [-0.2, 0) is 24.1 Å². The number of Topliss-reactive ketones (excluding diaryl/α,β-unsaturated/α-hetero) is 1. The molecule has 0 saturated carbocycles. The number of para-hydroxylation sites is 1. The molecular formula is C25H28N2O3S. The van der Waals surface area contributed by atoms with Gasteiger partial charge in [0, 0.05) is 18.7 Å². The second kappa shape index (κ2) is 9.79. The third kappa shape index (κ3) is 5.08. The number of nitrogens with zero attached hydrogens (tertiary/aromatic N) is 2. The smallest absolute Gasteiger partial charge is 0.262 e. The molecule has 31 heavy (non-hydrogen) atoms. The Morgan fingerprint density at radius 1 is 1.16 bits per heavy atom. The van der Waals surface area contributed by atoms with Gasteiger partial charge >= 0.3 is 0 Å². The highest BCUT2D eigenvalue weighted by Gasteiger charge is 2.16. The number of fused-ring (bicyclic) bond motifs is 2. The van der Waals surface area contributed by atoms with Crippen LogP contribution in [0.15, 0.2) is 52.4 Å². The molecule has 0 N–H and O–H groups in total. The lowest BCUT2D eigenvalue weighted by Gasteiger charge is -2.14. The van der Waals surface area contributed by atoms with Crippen LogP contribution < -0.4 is 5.56 Å². The molecule has 0 bridgehead atoms. The highest BCUT2D eigenvalue weighted by atomic mass is 32.2. The van der Waals surface area contributed by atoms with Gasteiger partial charge in [-0.3, -0.25) is 14.2 Å². The van der Waals surface area contributed by atoms with Crippen LogP contribution in [0, 0.1) is 0 Å². The van der Waals surface area contributed by atoms with Gasteiger partial charge in [-0.15, -0.1) is 0 Å². The van der Waals surface area contributed by atoms with Gasteiger partial charge in [0.2, 0.25) is 0 Å². The number of ketones is 1. The Bertz CT molecular complexity index is 1150. The molecule has 0 saturated heterocycles. The van der Waals surface area contributed by atoms with Crippen LogP contribution in [0.4, 0.5) is 0 Å². The van der Waals surface area contributed by atoms with Gasteiger partial charge in [-0.2, -0.15) is 0 Å². The first-order valence-corrected chi connectivity index (χ1v) is 11.9. The van der Waals surface area contributed by atoms with Crippen LogP contribution in [-0.4, -0.2) is 33.8 Å². The molecule has 0 amide bonds. The quantitative estimate of drug-likeness (QED) is 0.211. The van der Waals surface area contributed by atoms with Crippen molar-refractivity contribution < 1.29 is 9.53 Å². The van der Waals surface area contributed by atoms with Crippen LogP contribution in [0.1, 0.15) is 48.2 Å². The number of benzene rings is 2. The molecule has 0 atom stereocenters. The van der Waals surface area contributed by atoms with E-state index in [1.807, 2.05) is 44.2 Å². The molecule has 0 fully saturated rings. The average Bonchev–Trinajstić information content (AvgIpc) is 3.24. The van der Waals surface area contributed by atoms with Gasteiger partial charge < -0.3 is 4.74 Å².